The van der Waals surface area contributed by atoms with Crippen LogP contribution in [0.15, 0.2) is 43.0 Å². The van der Waals surface area contributed by atoms with Gasteiger partial charge in [0.2, 0.25) is 0 Å². The standard InChI is InChI=1S/C19H21N5O/c1-22-18(6-7-21-22)13-9-15-4-5-16(10-13)24(15)19(25)17-11-14-3-2-8-23(14)12-20-17/h2-3,6-8,11-13,15-16H,4-5,9-10H2,1H3. The van der Waals surface area contributed by atoms with Gasteiger partial charge in [-0.2, -0.15) is 5.10 Å². The molecule has 0 aromatic carbocycles. The van der Waals surface area contributed by atoms with Crippen molar-refractivity contribution in [1.29, 1.82) is 0 Å². The van der Waals surface area contributed by atoms with Crippen LogP contribution in [-0.4, -0.2) is 42.1 Å². The summed E-state index contributed by atoms with van der Waals surface area (Å²) in [7, 11) is 2.01. The van der Waals surface area contributed by atoms with Gasteiger partial charge in [0.1, 0.15) is 5.69 Å². The van der Waals surface area contributed by atoms with E-state index in [1.165, 1.54) is 5.69 Å². The molecule has 1 amide bonds. The second-order valence-electron chi connectivity index (χ2n) is 7.26. The highest BCUT2D eigenvalue weighted by molar-refractivity contribution is 5.94. The smallest absolute Gasteiger partial charge is 0.273 e. The van der Waals surface area contributed by atoms with Crippen LogP contribution in [0, 0.1) is 0 Å². The number of rotatable bonds is 2. The molecule has 2 saturated heterocycles. The van der Waals surface area contributed by atoms with Crippen LogP contribution in [0.2, 0.25) is 0 Å². The molecule has 2 aliphatic heterocycles. The van der Waals surface area contributed by atoms with Crippen molar-refractivity contribution in [3.63, 3.8) is 0 Å². The average molecular weight is 335 g/mol. The lowest BCUT2D eigenvalue weighted by Gasteiger charge is -2.38. The van der Waals surface area contributed by atoms with Crippen molar-refractivity contribution in [3.05, 3.63) is 54.4 Å². The van der Waals surface area contributed by atoms with Crippen molar-refractivity contribution in [1.82, 2.24) is 24.1 Å². The fourth-order valence-electron chi connectivity index (χ4n) is 4.72. The Morgan fingerprint density at radius 1 is 1.20 bits per heavy atom. The van der Waals surface area contributed by atoms with Crippen LogP contribution < -0.4 is 0 Å². The summed E-state index contributed by atoms with van der Waals surface area (Å²) < 4.78 is 3.91. The number of aromatic nitrogens is 4. The molecule has 6 nitrogen and oxygen atoms in total. The van der Waals surface area contributed by atoms with Gasteiger partial charge < -0.3 is 9.30 Å². The number of nitrogens with zero attached hydrogens (tertiary/aromatic N) is 5. The Kier molecular flexibility index (Phi) is 3.20. The third-order valence-electron chi connectivity index (χ3n) is 5.88. The van der Waals surface area contributed by atoms with Crippen molar-refractivity contribution in [3.8, 4) is 0 Å². The molecule has 128 valence electrons. The molecule has 25 heavy (non-hydrogen) atoms. The summed E-state index contributed by atoms with van der Waals surface area (Å²) >= 11 is 0. The zero-order valence-corrected chi connectivity index (χ0v) is 14.2. The molecule has 0 N–H and O–H groups in total. The van der Waals surface area contributed by atoms with Gasteiger partial charge in [-0.05, 0) is 49.9 Å². The second kappa shape index (κ2) is 5.44. The first-order valence-corrected chi connectivity index (χ1v) is 8.94. The fourth-order valence-corrected chi connectivity index (χ4v) is 4.72. The van der Waals surface area contributed by atoms with E-state index in [1.54, 1.807) is 6.33 Å². The number of carbonyl (C=O) groups excluding carboxylic acids is 1. The molecular weight excluding hydrogens is 314 g/mol. The lowest BCUT2D eigenvalue weighted by molar-refractivity contribution is 0.0562. The minimum Gasteiger partial charge on any atom is -0.331 e. The number of aryl methyl sites for hydroxylation is 1. The van der Waals surface area contributed by atoms with Gasteiger partial charge in [0.15, 0.2) is 0 Å². The van der Waals surface area contributed by atoms with Gasteiger partial charge in [0.25, 0.3) is 5.91 Å². The van der Waals surface area contributed by atoms with Gasteiger partial charge >= 0.3 is 0 Å². The largest absolute Gasteiger partial charge is 0.331 e. The van der Waals surface area contributed by atoms with Crippen LogP contribution in [0.4, 0.5) is 0 Å². The van der Waals surface area contributed by atoms with Crippen molar-refractivity contribution in [2.75, 3.05) is 0 Å². The molecule has 2 bridgehead atoms. The molecule has 0 aliphatic carbocycles. The monoisotopic (exact) mass is 335 g/mol. The molecule has 0 saturated carbocycles. The minimum atomic E-state index is 0.0830. The van der Waals surface area contributed by atoms with E-state index in [0.717, 1.165) is 31.2 Å². The van der Waals surface area contributed by atoms with Gasteiger partial charge in [-0.25, -0.2) is 4.98 Å². The number of carbonyl (C=O) groups is 1. The topological polar surface area (TPSA) is 55.4 Å². The Morgan fingerprint density at radius 2 is 2.00 bits per heavy atom. The van der Waals surface area contributed by atoms with Crippen LogP contribution in [0.3, 0.4) is 0 Å². The SMILES string of the molecule is Cn1nccc1C1CC2CCC(C1)N2C(=O)c1cc2cccn2cn1. The minimum absolute atomic E-state index is 0.0830. The molecular formula is C19H21N5O. The van der Waals surface area contributed by atoms with Gasteiger partial charge in [0, 0.05) is 48.7 Å². The van der Waals surface area contributed by atoms with E-state index in [-0.39, 0.29) is 5.91 Å². The molecule has 2 unspecified atom stereocenters. The maximum Gasteiger partial charge on any atom is 0.273 e. The van der Waals surface area contributed by atoms with Crippen LogP contribution >= 0.6 is 0 Å². The lowest BCUT2D eigenvalue weighted by Crippen LogP contribution is -2.46. The molecule has 5 heterocycles. The molecule has 3 aromatic heterocycles. The number of amides is 1. The summed E-state index contributed by atoms with van der Waals surface area (Å²) in [4.78, 5) is 19.6. The molecule has 2 atom stereocenters. The summed E-state index contributed by atoms with van der Waals surface area (Å²) in [5.41, 5.74) is 2.86. The molecule has 0 radical (unpaired) electrons. The molecule has 5 rings (SSSR count). The second-order valence-corrected chi connectivity index (χ2v) is 7.26. The predicted molar refractivity (Wildman–Crippen MR) is 93.4 cm³/mol. The van der Waals surface area contributed by atoms with Crippen molar-refractivity contribution in [2.45, 2.75) is 43.7 Å². The number of hydrogen-bond donors (Lipinski definition) is 0. The normalized spacial score (nSPS) is 25.6. The Labute approximate surface area is 146 Å². The highest BCUT2D eigenvalue weighted by atomic mass is 16.2. The van der Waals surface area contributed by atoms with Crippen LogP contribution in [-0.2, 0) is 7.05 Å². The zero-order valence-electron chi connectivity index (χ0n) is 14.2. The first-order chi connectivity index (χ1) is 12.2. The van der Waals surface area contributed by atoms with Crippen LogP contribution in [0.1, 0.15) is 47.8 Å². The zero-order chi connectivity index (χ0) is 17.0. The van der Waals surface area contributed by atoms with Crippen LogP contribution in [0.5, 0.6) is 0 Å². The van der Waals surface area contributed by atoms with Crippen molar-refractivity contribution < 1.29 is 4.79 Å². The Hall–Kier alpha value is -2.63. The Morgan fingerprint density at radius 3 is 2.72 bits per heavy atom. The third kappa shape index (κ3) is 2.27. The van der Waals surface area contributed by atoms with E-state index in [4.69, 9.17) is 0 Å². The van der Waals surface area contributed by atoms with E-state index in [1.807, 2.05) is 46.7 Å². The summed E-state index contributed by atoms with van der Waals surface area (Å²) in [6, 6.07) is 8.61. The van der Waals surface area contributed by atoms with E-state index in [0.29, 0.717) is 23.7 Å². The Balaban J connectivity index is 1.42. The predicted octanol–water partition coefficient (Wildman–Crippen LogP) is 2.62. The molecule has 6 heteroatoms. The van der Waals surface area contributed by atoms with Crippen LogP contribution in [0.25, 0.3) is 5.52 Å². The number of piperidine rings is 1. The maximum atomic E-state index is 13.1. The highest BCUT2D eigenvalue weighted by Crippen LogP contribution is 2.43. The maximum absolute atomic E-state index is 13.1. The van der Waals surface area contributed by atoms with Gasteiger partial charge in [-0.15, -0.1) is 0 Å². The number of fused-ring (bicyclic) bond motifs is 3. The highest BCUT2D eigenvalue weighted by Gasteiger charge is 2.44. The third-order valence-corrected chi connectivity index (χ3v) is 5.88. The van der Waals surface area contributed by atoms with E-state index < -0.39 is 0 Å². The van der Waals surface area contributed by atoms with E-state index in [2.05, 4.69) is 21.0 Å². The van der Waals surface area contributed by atoms with Crippen molar-refractivity contribution >= 4 is 11.4 Å². The quantitative estimate of drug-likeness (QED) is 0.723. The van der Waals surface area contributed by atoms with E-state index >= 15 is 0 Å². The summed E-state index contributed by atoms with van der Waals surface area (Å²) in [5.74, 6) is 0.578. The van der Waals surface area contributed by atoms with Gasteiger partial charge in [0.05, 0.1) is 6.33 Å². The summed E-state index contributed by atoms with van der Waals surface area (Å²) in [6.07, 6.45) is 9.78. The lowest BCUT2D eigenvalue weighted by atomic mass is 9.88. The van der Waals surface area contributed by atoms with Gasteiger partial charge in [-0.1, -0.05) is 0 Å². The number of hydrogen-bond acceptors (Lipinski definition) is 3. The molecule has 2 aliphatic rings. The van der Waals surface area contributed by atoms with Crippen molar-refractivity contribution in [2.24, 2.45) is 7.05 Å². The van der Waals surface area contributed by atoms with E-state index in [9.17, 15) is 4.79 Å². The summed E-state index contributed by atoms with van der Waals surface area (Å²) in [5, 5.41) is 4.31. The molecule has 0 spiro atoms. The summed E-state index contributed by atoms with van der Waals surface area (Å²) in [6.45, 7) is 0. The molecule has 3 aromatic rings. The molecule has 2 fully saturated rings. The average Bonchev–Trinajstić information content (AvgIpc) is 3.31. The first-order valence-electron chi connectivity index (χ1n) is 8.94. The first kappa shape index (κ1) is 14.7. The Bertz CT molecular complexity index is 928. The fraction of sp³-hybridized carbons (Fsp3) is 0.421. The van der Waals surface area contributed by atoms with Gasteiger partial charge in [-0.3, -0.25) is 9.48 Å².